The third kappa shape index (κ3) is 1.36. The van der Waals surface area contributed by atoms with Crippen molar-refractivity contribution < 1.29 is 13.9 Å². The van der Waals surface area contributed by atoms with Crippen LogP contribution in [0.1, 0.15) is 5.69 Å². The molecule has 2 heterocycles. The van der Waals surface area contributed by atoms with Gasteiger partial charge in [0.05, 0.1) is 18.8 Å². The molecule has 1 N–H and O–H groups in total. The van der Waals surface area contributed by atoms with Gasteiger partial charge in [-0.05, 0) is 6.92 Å². The van der Waals surface area contributed by atoms with Gasteiger partial charge < -0.3 is 10.0 Å². The maximum absolute atomic E-state index is 12.5. The molecule has 1 saturated heterocycles. The van der Waals surface area contributed by atoms with Crippen LogP contribution in [0.15, 0.2) is 6.33 Å². The second kappa shape index (κ2) is 2.76. The van der Waals surface area contributed by atoms with Gasteiger partial charge in [0.25, 0.3) is 5.92 Å². The van der Waals surface area contributed by atoms with E-state index in [1.807, 2.05) is 0 Å². The van der Waals surface area contributed by atoms with Crippen LogP contribution in [0.4, 0.5) is 14.6 Å². The molecular formula is C8H9F2N3O. The van der Waals surface area contributed by atoms with Gasteiger partial charge in [-0.15, -0.1) is 0 Å². The molecule has 0 unspecified atom stereocenters. The number of aromatic hydroxyl groups is 1. The first-order chi connectivity index (χ1) is 6.49. The third-order valence-electron chi connectivity index (χ3n) is 2.13. The van der Waals surface area contributed by atoms with Crippen LogP contribution in [0.2, 0.25) is 0 Å². The molecule has 1 fully saturated rings. The zero-order chi connectivity index (χ0) is 10.3. The molecular weight excluding hydrogens is 192 g/mol. The molecule has 0 atom stereocenters. The van der Waals surface area contributed by atoms with Gasteiger partial charge in [0.15, 0.2) is 11.6 Å². The number of nitrogens with zero attached hydrogens (tertiary/aromatic N) is 3. The molecule has 0 spiro atoms. The third-order valence-corrected chi connectivity index (χ3v) is 2.13. The van der Waals surface area contributed by atoms with Gasteiger partial charge in [-0.2, -0.15) is 0 Å². The van der Waals surface area contributed by atoms with E-state index in [1.165, 1.54) is 11.2 Å². The maximum atomic E-state index is 12.5. The van der Waals surface area contributed by atoms with Gasteiger partial charge in [0, 0.05) is 0 Å². The van der Waals surface area contributed by atoms with E-state index in [4.69, 9.17) is 0 Å². The predicted molar refractivity (Wildman–Crippen MR) is 45.6 cm³/mol. The van der Waals surface area contributed by atoms with Gasteiger partial charge in [0.2, 0.25) is 0 Å². The van der Waals surface area contributed by atoms with Crippen molar-refractivity contribution >= 4 is 5.82 Å². The molecule has 0 aliphatic carbocycles. The van der Waals surface area contributed by atoms with Crippen LogP contribution in [0, 0.1) is 6.92 Å². The average molecular weight is 201 g/mol. The molecule has 2 rings (SSSR count). The largest absolute Gasteiger partial charge is 0.503 e. The molecule has 1 aliphatic rings. The lowest BCUT2D eigenvalue weighted by Crippen LogP contribution is -2.56. The molecule has 4 nitrogen and oxygen atoms in total. The topological polar surface area (TPSA) is 49.2 Å². The van der Waals surface area contributed by atoms with Gasteiger partial charge >= 0.3 is 0 Å². The van der Waals surface area contributed by atoms with Crippen molar-refractivity contribution in [2.75, 3.05) is 18.0 Å². The van der Waals surface area contributed by atoms with Crippen LogP contribution >= 0.6 is 0 Å². The molecule has 1 aromatic rings. The highest BCUT2D eigenvalue weighted by atomic mass is 19.3. The van der Waals surface area contributed by atoms with Crippen LogP contribution in [-0.2, 0) is 0 Å². The summed E-state index contributed by atoms with van der Waals surface area (Å²) in [5.74, 6) is -2.60. The minimum absolute atomic E-state index is 0.122. The Morgan fingerprint density at radius 3 is 2.64 bits per heavy atom. The molecule has 1 aromatic heterocycles. The number of alkyl halides is 2. The number of rotatable bonds is 1. The smallest absolute Gasteiger partial charge is 0.282 e. The van der Waals surface area contributed by atoms with Crippen molar-refractivity contribution in [2.24, 2.45) is 0 Å². The first kappa shape index (κ1) is 9.11. The maximum Gasteiger partial charge on any atom is 0.282 e. The van der Waals surface area contributed by atoms with E-state index < -0.39 is 19.0 Å². The lowest BCUT2D eigenvalue weighted by molar-refractivity contribution is -0.0269. The molecule has 0 aromatic carbocycles. The number of aryl methyl sites for hydroxylation is 1. The summed E-state index contributed by atoms with van der Waals surface area (Å²) in [6, 6.07) is 0. The van der Waals surface area contributed by atoms with Crippen molar-refractivity contribution in [2.45, 2.75) is 12.8 Å². The summed E-state index contributed by atoms with van der Waals surface area (Å²) < 4.78 is 25.1. The SMILES string of the molecule is Cc1ncnc(N2CC(F)(F)C2)c1O. The Morgan fingerprint density at radius 1 is 1.43 bits per heavy atom. The number of hydrogen-bond acceptors (Lipinski definition) is 4. The Hall–Kier alpha value is -1.46. The number of aromatic nitrogens is 2. The van der Waals surface area contributed by atoms with Crippen molar-refractivity contribution in [3.8, 4) is 5.75 Å². The van der Waals surface area contributed by atoms with E-state index in [9.17, 15) is 13.9 Å². The highest BCUT2D eigenvalue weighted by molar-refractivity contribution is 5.55. The summed E-state index contributed by atoms with van der Waals surface area (Å²) >= 11 is 0. The standard InChI is InChI=1S/C8H9F2N3O/c1-5-6(14)7(12-4-11-5)13-2-8(9,10)3-13/h4,14H,2-3H2,1H3. The van der Waals surface area contributed by atoms with Crippen molar-refractivity contribution in [3.63, 3.8) is 0 Å². The fourth-order valence-corrected chi connectivity index (χ4v) is 1.35. The lowest BCUT2D eigenvalue weighted by atomic mass is 10.1. The van der Waals surface area contributed by atoms with Crippen LogP contribution in [0.3, 0.4) is 0 Å². The zero-order valence-electron chi connectivity index (χ0n) is 7.54. The Balaban J connectivity index is 2.23. The normalized spacial score (nSPS) is 19.2. The highest BCUT2D eigenvalue weighted by Gasteiger charge is 2.45. The van der Waals surface area contributed by atoms with E-state index in [-0.39, 0.29) is 11.6 Å². The summed E-state index contributed by atoms with van der Waals surface area (Å²) in [6.07, 6.45) is 1.25. The molecule has 0 amide bonds. The molecule has 0 radical (unpaired) electrons. The van der Waals surface area contributed by atoms with Crippen molar-refractivity contribution in [1.29, 1.82) is 0 Å². The molecule has 6 heteroatoms. The van der Waals surface area contributed by atoms with Crippen LogP contribution in [0.5, 0.6) is 5.75 Å². The van der Waals surface area contributed by atoms with Crippen LogP contribution in [0.25, 0.3) is 0 Å². The molecule has 1 aliphatic heterocycles. The fourth-order valence-electron chi connectivity index (χ4n) is 1.35. The summed E-state index contributed by atoms with van der Waals surface area (Å²) in [6.45, 7) is 0.812. The second-order valence-corrected chi connectivity index (χ2v) is 3.34. The van der Waals surface area contributed by atoms with E-state index in [2.05, 4.69) is 9.97 Å². The fraction of sp³-hybridized carbons (Fsp3) is 0.500. The Labute approximate surface area is 79.2 Å². The summed E-state index contributed by atoms with van der Waals surface area (Å²) in [4.78, 5) is 8.82. The van der Waals surface area contributed by atoms with Gasteiger partial charge in [-0.1, -0.05) is 0 Å². The summed E-state index contributed by atoms with van der Waals surface area (Å²) in [5.41, 5.74) is 0.394. The van der Waals surface area contributed by atoms with Crippen molar-refractivity contribution in [3.05, 3.63) is 12.0 Å². The van der Waals surface area contributed by atoms with Gasteiger partial charge in [0.1, 0.15) is 6.33 Å². The molecule has 0 saturated carbocycles. The Kier molecular flexibility index (Phi) is 1.80. The van der Waals surface area contributed by atoms with Gasteiger partial charge in [-0.3, -0.25) is 0 Å². The Bertz CT molecular complexity index is 362. The summed E-state index contributed by atoms with van der Waals surface area (Å²) in [5, 5.41) is 9.49. The van der Waals surface area contributed by atoms with E-state index in [0.717, 1.165) is 0 Å². The van der Waals surface area contributed by atoms with Crippen LogP contribution in [-0.4, -0.2) is 34.1 Å². The lowest BCUT2D eigenvalue weighted by Gasteiger charge is -2.39. The molecule has 76 valence electrons. The Morgan fingerprint density at radius 2 is 2.07 bits per heavy atom. The first-order valence-corrected chi connectivity index (χ1v) is 4.13. The number of hydrogen-bond donors (Lipinski definition) is 1. The van der Waals surface area contributed by atoms with E-state index >= 15 is 0 Å². The van der Waals surface area contributed by atoms with Gasteiger partial charge in [-0.25, -0.2) is 18.7 Å². The zero-order valence-corrected chi connectivity index (χ0v) is 7.54. The molecule has 0 bridgehead atoms. The highest BCUT2D eigenvalue weighted by Crippen LogP contribution is 2.35. The minimum Gasteiger partial charge on any atom is -0.503 e. The minimum atomic E-state index is -2.66. The second-order valence-electron chi connectivity index (χ2n) is 3.34. The summed E-state index contributed by atoms with van der Waals surface area (Å²) in [7, 11) is 0. The average Bonchev–Trinajstić information content (AvgIpc) is 2.06. The first-order valence-electron chi connectivity index (χ1n) is 4.13. The predicted octanol–water partition coefficient (Wildman–Crippen LogP) is 0.946. The van der Waals surface area contributed by atoms with E-state index in [0.29, 0.717) is 5.69 Å². The molecule has 14 heavy (non-hydrogen) atoms. The number of anilines is 1. The van der Waals surface area contributed by atoms with Crippen molar-refractivity contribution in [1.82, 2.24) is 9.97 Å². The quantitative estimate of drug-likeness (QED) is 0.734. The monoisotopic (exact) mass is 201 g/mol. The number of halogens is 2. The van der Waals surface area contributed by atoms with Crippen LogP contribution < -0.4 is 4.90 Å². The van der Waals surface area contributed by atoms with E-state index in [1.54, 1.807) is 6.92 Å².